The van der Waals surface area contributed by atoms with Gasteiger partial charge in [0.2, 0.25) is 0 Å². The number of nitrogens with two attached hydrogens (primary N) is 1. The molecule has 0 heterocycles. The second kappa shape index (κ2) is 3.84. The van der Waals surface area contributed by atoms with Crippen molar-refractivity contribution in [2.45, 2.75) is 18.3 Å². The van der Waals surface area contributed by atoms with E-state index in [1.807, 2.05) is 0 Å². The summed E-state index contributed by atoms with van der Waals surface area (Å²) >= 11 is 0. The molecule has 5 nitrogen and oxygen atoms in total. The third-order valence-corrected chi connectivity index (χ3v) is 3.26. The lowest BCUT2D eigenvalue weighted by Gasteiger charge is -2.16. The van der Waals surface area contributed by atoms with Crippen molar-refractivity contribution in [3.05, 3.63) is 17.7 Å². The highest BCUT2D eigenvalue weighted by Crippen LogP contribution is 2.51. The Kier molecular flexibility index (Phi) is 2.61. The smallest absolute Gasteiger partial charge is 0.314 e. The van der Waals surface area contributed by atoms with Crippen LogP contribution >= 0.6 is 0 Å². The van der Waals surface area contributed by atoms with Gasteiger partial charge in [-0.25, -0.2) is 0 Å². The summed E-state index contributed by atoms with van der Waals surface area (Å²) in [6.07, 6.45) is 1.27. The highest BCUT2D eigenvalue weighted by molar-refractivity contribution is 5.86. The van der Waals surface area contributed by atoms with Crippen molar-refractivity contribution in [1.82, 2.24) is 0 Å². The standard InChI is InChI=1S/C12H15NO4/c1-16-8-5-7(6-9(17-2)10(8)13)12(3-4-12)11(14)15/h5-6H,3-4,13H2,1-2H3,(H,14,15). The quantitative estimate of drug-likeness (QED) is 0.773. The van der Waals surface area contributed by atoms with Gasteiger partial charge in [0.25, 0.3) is 0 Å². The van der Waals surface area contributed by atoms with E-state index in [1.54, 1.807) is 12.1 Å². The first-order chi connectivity index (χ1) is 8.05. The van der Waals surface area contributed by atoms with Gasteiger partial charge in [-0.2, -0.15) is 0 Å². The van der Waals surface area contributed by atoms with E-state index >= 15 is 0 Å². The molecule has 17 heavy (non-hydrogen) atoms. The van der Waals surface area contributed by atoms with Gasteiger partial charge in [-0.1, -0.05) is 0 Å². The summed E-state index contributed by atoms with van der Waals surface area (Å²) in [5.74, 6) is 0.0881. The molecule has 5 heteroatoms. The normalized spacial score (nSPS) is 16.4. The van der Waals surface area contributed by atoms with Gasteiger partial charge in [-0.3, -0.25) is 4.79 Å². The first kappa shape index (κ1) is 11.6. The van der Waals surface area contributed by atoms with E-state index < -0.39 is 11.4 Å². The van der Waals surface area contributed by atoms with Crippen LogP contribution in [0.2, 0.25) is 0 Å². The van der Waals surface area contributed by atoms with Gasteiger partial charge >= 0.3 is 5.97 Å². The summed E-state index contributed by atoms with van der Waals surface area (Å²) in [7, 11) is 2.99. The SMILES string of the molecule is COc1cc(C2(C(=O)O)CC2)cc(OC)c1N. The van der Waals surface area contributed by atoms with Gasteiger partial charge in [0, 0.05) is 0 Å². The number of anilines is 1. The van der Waals surface area contributed by atoms with E-state index in [0.29, 0.717) is 35.6 Å². The molecule has 0 unspecified atom stereocenters. The molecule has 1 aliphatic rings. The van der Waals surface area contributed by atoms with E-state index in [9.17, 15) is 9.90 Å². The van der Waals surface area contributed by atoms with Crippen molar-refractivity contribution in [1.29, 1.82) is 0 Å². The average molecular weight is 237 g/mol. The largest absolute Gasteiger partial charge is 0.494 e. The Balaban J connectivity index is 2.53. The molecule has 1 saturated carbocycles. The number of carboxylic acid groups (broad SMARTS) is 1. The van der Waals surface area contributed by atoms with Crippen LogP contribution in [0.3, 0.4) is 0 Å². The zero-order valence-electron chi connectivity index (χ0n) is 9.82. The Labute approximate surface area is 99.1 Å². The van der Waals surface area contributed by atoms with Crippen LogP contribution in [-0.4, -0.2) is 25.3 Å². The average Bonchev–Trinajstić information content (AvgIpc) is 3.10. The topological polar surface area (TPSA) is 81.8 Å². The fourth-order valence-electron chi connectivity index (χ4n) is 1.97. The molecule has 0 atom stereocenters. The zero-order valence-corrected chi connectivity index (χ0v) is 9.82. The van der Waals surface area contributed by atoms with Gasteiger partial charge in [-0.15, -0.1) is 0 Å². The molecule has 1 aromatic carbocycles. The van der Waals surface area contributed by atoms with Crippen molar-refractivity contribution >= 4 is 11.7 Å². The van der Waals surface area contributed by atoms with Gasteiger partial charge in [0.1, 0.15) is 17.2 Å². The van der Waals surface area contributed by atoms with E-state index in [4.69, 9.17) is 15.2 Å². The van der Waals surface area contributed by atoms with E-state index in [2.05, 4.69) is 0 Å². The lowest BCUT2D eigenvalue weighted by molar-refractivity contribution is -0.140. The van der Waals surface area contributed by atoms with Crippen LogP contribution in [-0.2, 0) is 10.2 Å². The summed E-state index contributed by atoms with van der Waals surface area (Å²) in [5.41, 5.74) is 6.11. The van der Waals surface area contributed by atoms with Gasteiger partial charge in [-0.05, 0) is 30.5 Å². The number of aliphatic carboxylic acids is 1. The van der Waals surface area contributed by atoms with Crippen LogP contribution < -0.4 is 15.2 Å². The molecule has 0 aliphatic heterocycles. The lowest BCUT2D eigenvalue weighted by atomic mass is 9.95. The Hall–Kier alpha value is -1.91. The van der Waals surface area contributed by atoms with Crippen molar-refractivity contribution in [2.24, 2.45) is 0 Å². The first-order valence-corrected chi connectivity index (χ1v) is 5.30. The number of carboxylic acids is 1. The monoisotopic (exact) mass is 237 g/mol. The molecule has 1 aliphatic carbocycles. The minimum absolute atomic E-state index is 0.389. The second-order valence-corrected chi connectivity index (χ2v) is 4.18. The van der Waals surface area contributed by atoms with E-state index in [0.717, 1.165) is 0 Å². The highest BCUT2D eigenvalue weighted by Gasteiger charge is 2.52. The van der Waals surface area contributed by atoms with Crippen molar-refractivity contribution in [3.63, 3.8) is 0 Å². The van der Waals surface area contributed by atoms with Crippen LogP contribution in [0.1, 0.15) is 18.4 Å². The molecule has 0 aromatic heterocycles. The van der Waals surface area contributed by atoms with Crippen molar-refractivity contribution in [3.8, 4) is 11.5 Å². The fraction of sp³-hybridized carbons (Fsp3) is 0.417. The third-order valence-electron chi connectivity index (χ3n) is 3.26. The second-order valence-electron chi connectivity index (χ2n) is 4.18. The van der Waals surface area contributed by atoms with Crippen molar-refractivity contribution in [2.75, 3.05) is 20.0 Å². The number of hydrogen-bond donors (Lipinski definition) is 2. The van der Waals surface area contributed by atoms with Crippen LogP contribution in [0.4, 0.5) is 5.69 Å². The van der Waals surface area contributed by atoms with E-state index in [-0.39, 0.29) is 0 Å². The van der Waals surface area contributed by atoms with E-state index in [1.165, 1.54) is 14.2 Å². The number of nitrogen functional groups attached to an aromatic ring is 1. The first-order valence-electron chi connectivity index (χ1n) is 5.30. The van der Waals surface area contributed by atoms with Crippen LogP contribution in [0.15, 0.2) is 12.1 Å². The minimum Gasteiger partial charge on any atom is -0.494 e. The Morgan fingerprint density at radius 2 is 1.76 bits per heavy atom. The molecule has 0 amide bonds. The molecule has 0 spiro atoms. The predicted molar refractivity (Wildman–Crippen MR) is 62.5 cm³/mol. The molecule has 0 saturated heterocycles. The molecular weight excluding hydrogens is 222 g/mol. The summed E-state index contributed by atoms with van der Waals surface area (Å²) in [4.78, 5) is 11.3. The zero-order chi connectivity index (χ0) is 12.6. The predicted octanol–water partition coefficient (Wildman–Crippen LogP) is 1.40. The Bertz CT molecular complexity index is 441. The molecule has 1 fully saturated rings. The molecule has 0 bridgehead atoms. The molecule has 92 valence electrons. The molecule has 2 rings (SSSR count). The number of rotatable bonds is 4. The Morgan fingerprint density at radius 1 is 1.29 bits per heavy atom. The number of methoxy groups -OCH3 is 2. The minimum atomic E-state index is -0.814. The number of ether oxygens (including phenoxy) is 2. The third kappa shape index (κ3) is 1.67. The molecule has 0 radical (unpaired) electrons. The maximum absolute atomic E-state index is 11.3. The van der Waals surface area contributed by atoms with Crippen LogP contribution in [0.25, 0.3) is 0 Å². The summed E-state index contributed by atoms with van der Waals surface area (Å²) in [5, 5.41) is 9.24. The Morgan fingerprint density at radius 3 is 2.06 bits per heavy atom. The summed E-state index contributed by atoms with van der Waals surface area (Å²) in [6, 6.07) is 3.36. The van der Waals surface area contributed by atoms with Gasteiger partial charge in [0.05, 0.1) is 19.6 Å². The lowest BCUT2D eigenvalue weighted by Crippen LogP contribution is -2.19. The van der Waals surface area contributed by atoms with Crippen molar-refractivity contribution < 1.29 is 19.4 Å². The van der Waals surface area contributed by atoms with Gasteiger partial charge in [0.15, 0.2) is 0 Å². The molecule has 3 N–H and O–H groups in total. The maximum Gasteiger partial charge on any atom is 0.314 e. The summed E-state index contributed by atoms with van der Waals surface area (Å²) < 4.78 is 10.3. The summed E-state index contributed by atoms with van der Waals surface area (Å²) in [6.45, 7) is 0. The van der Waals surface area contributed by atoms with Gasteiger partial charge < -0.3 is 20.3 Å². The molecule has 1 aromatic rings. The number of benzene rings is 1. The maximum atomic E-state index is 11.3. The fourth-order valence-corrected chi connectivity index (χ4v) is 1.97. The van der Waals surface area contributed by atoms with Crippen LogP contribution in [0.5, 0.6) is 11.5 Å². The number of carbonyl (C=O) groups is 1. The number of hydrogen-bond acceptors (Lipinski definition) is 4. The molecular formula is C12H15NO4. The highest BCUT2D eigenvalue weighted by atomic mass is 16.5. The van der Waals surface area contributed by atoms with Crippen LogP contribution in [0, 0.1) is 0 Å².